The van der Waals surface area contributed by atoms with Crippen LogP contribution in [-0.2, 0) is 4.79 Å². The van der Waals surface area contributed by atoms with Crippen molar-refractivity contribution in [2.24, 2.45) is 0 Å². The Morgan fingerprint density at radius 2 is 1.22 bits per heavy atom. The molecule has 0 N–H and O–H groups in total. The molecule has 3 heteroatoms. The minimum Gasteiger partial charge on any atom is -0.289 e. The van der Waals surface area contributed by atoms with Gasteiger partial charge in [-0.1, -0.05) is 54.6 Å². The molecule has 0 bridgehead atoms. The molecule has 0 amide bonds. The van der Waals surface area contributed by atoms with Crippen LogP contribution in [0.2, 0.25) is 0 Å². The van der Waals surface area contributed by atoms with Crippen molar-refractivity contribution in [2.45, 2.75) is 0 Å². The second-order valence-electron chi connectivity index (χ2n) is 3.70. The molecular formula is C15H9O3. The number of rotatable bonds is 4. The van der Waals surface area contributed by atoms with Gasteiger partial charge in [-0.3, -0.25) is 14.4 Å². The maximum absolute atomic E-state index is 12.0. The average molecular weight is 237 g/mol. The Morgan fingerprint density at radius 1 is 0.722 bits per heavy atom. The molecule has 0 aromatic heterocycles. The zero-order valence-corrected chi connectivity index (χ0v) is 9.42. The first kappa shape index (κ1) is 11.9. The van der Waals surface area contributed by atoms with E-state index in [4.69, 9.17) is 0 Å². The lowest BCUT2D eigenvalue weighted by Gasteiger charge is -2.01. The number of ketones is 2. The van der Waals surface area contributed by atoms with Gasteiger partial charge < -0.3 is 0 Å². The highest BCUT2D eigenvalue weighted by atomic mass is 16.2. The van der Waals surface area contributed by atoms with Crippen molar-refractivity contribution in [3.8, 4) is 0 Å². The first-order chi connectivity index (χ1) is 8.72. The Bertz CT molecular complexity index is 583. The molecule has 2 rings (SSSR count). The van der Waals surface area contributed by atoms with Crippen LogP contribution in [0.5, 0.6) is 0 Å². The van der Waals surface area contributed by atoms with Gasteiger partial charge in [0.25, 0.3) is 6.29 Å². The van der Waals surface area contributed by atoms with Crippen LogP contribution in [0.25, 0.3) is 0 Å². The van der Waals surface area contributed by atoms with E-state index >= 15 is 0 Å². The molecule has 0 fully saturated rings. The quantitative estimate of drug-likeness (QED) is 0.605. The van der Waals surface area contributed by atoms with Crippen LogP contribution in [0.1, 0.15) is 26.3 Å². The fourth-order valence-electron chi connectivity index (χ4n) is 1.59. The zero-order valence-electron chi connectivity index (χ0n) is 9.42. The minimum absolute atomic E-state index is 0.121. The SMILES string of the molecule is O=[C]C(=O)c1ccc(C(=O)c2ccccc2)cc1. The molecule has 0 heterocycles. The number of carbonyl (C=O) groups is 2. The van der Waals surface area contributed by atoms with Crippen molar-refractivity contribution in [2.75, 3.05) is 0 Å². The Hall–Kier alpha value is -2.55. The van der Waals surface area contributed by atoms with Gasteiger partial charge in [-0.2, -0.15) is 0 Å². The molecule has 0 saturated carbocycles. The summed E-state index contributed by atoms with van der Waals surface area (Å²) in [4.78, 5) is 33.3. The Kier molecular flexibility index (Phi) is 3.44. The summed E-state index contributed by atoms with van der Waals surface area (Å²) >= 11 is 0. The van der Waals surface area contributed by atoms with Crippen molar-refractivity contribution in [3.05, 3.63) is 71.3 Å². The predicted octanol–water partition coefficient (Wildman–Crippen LogP) is 2.21. The second kappa shape index (κ2) is 5.19. The van der Waals surface area contributed by atoms with Crippen LogP contribution in [0.3, 0.4) is 0 Å². The molecule has 0 unspecified atom stereocenters. The summed E-state index contributed by atoms with van der Waals surface area (Å²) in [6.45, 7) is 0. The number of hydrogen-bond donors (Lipinski definition) is 0. The van der Waals surface area contributed by atoms with Crippen LogP contribution in [-0.4, -0.2) is 17.9 Å². The maximum Gasteiger partial charge on any atom is 0.277 e. The molecule has 3 nitrogen and oxygen atoms in total. The molecule has 0 aliphatic rings. The van der Waals surface area contributed by atoms with Crippen molar-refractivity contribution in [3.63, 3.8) is 0 Å². The third-order valence-electron chi connectivity index (χ3n) is 2.54. The molecule has 1 radical (unpaired) electrons. The Labute approximate surface area is 104 Å². The Balaban J connectivity index is 2.28. The fraction of sp³-hybridized carbons (Fsp3) is 0. The van der Waals surface area contributed by atoms with Crippen LogP contribution in [0.15, 0.2) is 54.6 Å². The van der Waals surface area contributed by atoms with Gasteiger partial charge >= 0.3 is 0 Å². The first-order valence-electron chi connectivity index (χ1n) is 5.34. The van der Waals surface area contributed by atoms with Crippen LogP contribution in [0.4, 0.5) is 0 Å². The molecule has 0 aliphatic carbocycles. The molecule has 0 spiro atoms. The highest BCUT2D eigenvalue weighted by molar-refractivity contribution is 6.33. The van der Waals surface area contributed by atoms with Crippen LogP contribution in [0, 0.1) is 0 Å². The maximum atomic E-state index is 12.0. The van der Waals surface area contributed by atoms with Gasteiger partial charge in [0.05, 0.1) is 0 Å². The predicted molar refractivity (Wildman–Crippen MR) is 66.3 cm³/mol. The van der Waals surface area contributed by atoms with Crippen LogP contribution < -0.4 is 0 Å². The molecule has 0 saturated heterocycles. The third-order valence-corrected chi connectivity index (χ3v) is 2.54. The summed E-state index contributed by atoms with van der Waals surface area (Å²) in [6, 6.07) is 14.8. The van der Waals surface area contributed by atoms with E-state index in [-0.39, 0.29) is 11.3 Å². The summed E-state index contributed by atoms with van der Waals surface area (Å²) in [7, 11) is 0. The first-order valence-corrected chi connectivity index (χ1v) is 5.34. The Morgan fingerprint density at radius 3 is 1.78 bits per heavy atom. The molecular weight excluding hydrogens is 228 g/mol. The summed E-state index contributed by atoms with van der Waals surface area (Å²) in [5, 5.41) is 0. The van der Waals surface area contributed by atoms with Gasteiger partial charge in [0.2, 0.25) is 5.78 Å². The molecule has 87 valence electrons. The largest absolute Gasteiger partial charge is 0.289 e. The van der Waals surface area contributed by atoms with E-state index in [2.05, 4.69) is 0 Å². The van der Waals surface area contributed by atoms with Gasteiger partial charge in [0.15, 0.2) is 5.78 Å². The van der Waals surface area contributed by atoms with Gasteiger partial charge in [-0.05, 0) is 0 Å². The normalized spacial score (nSPS) is 9.78. The second-order valence-corrected chi connectivity index (χ2v) is 3.70. The van der Waals surface area contributed by atoms with Crippen LogP contribution >= 0.6 is 0 Å². The molecule has 2 aromatic carbocycles. The summed E-state index contributed by atoms with van der Waals surface area (Å²) in [5.74, 6) is -0.835. The third kappa shape index (κ3) is 2.40. The van der Waals surface area contributed by atoms with Gasteiger partial charge in [-0.15, -0.1) is 0 Å². The van der Waals surface area contributed by atoms with Crippen molar-refractivity contribution < 1.29 is 14.4 Å². The van der Waals surface area contributed by atoms with E-state index in [9.17, 15) is 14.4 Å². The highest BCUT2D eigenvalue weighted by Crippen LogP contribution is 2.11. The van der Waals surface area contributed by atoms with Crippen molar-refractivity contribution >= 4 is 17.9 Å². The van der Waals surface area contributed by atoms with Crippen molar-refractivity contribution in [1.82, 2.24) is 0 Å². The molecule has 2 aromatic rings. The summed E-state index contributed by atoms with van der Waals surface area (Å²) < 4.78 is 0. The number of carbonyl (C=O) groups excluding carboxylic acids is 3. The molecule has 0 aliphatic heterocycles. The highest BCUT2D eigenvalue weighted by Gasteiger charge is 2.10. The number of hydrogen-bond acceptors (Lipinski definition) is 3. The van der Waals surface area contributed by atoms with E-state index in [1.165, 1.54) is 30.6 Å². The minimum atomic E-state index is -0.714. The lowest BCUT2D eigenvalue weighted by molar-refractivity contribution is 0.103. The topological polar surface area (TPSA) is 51.2 Å². The van der Waals surface area contributed by atoms with Gasteiger partial charge in [-0.25, -0.2) is 0 Å². The van der Waals surface area contributed by atoms with E-state index < -0.39 is 5.78 Å². The number of benzene rings is 2. The van der Waals surface area contributed by atoms with Crippen molar-refractivity contribution in [1.29, 1.82) is 0 Å². The zero-order chi connectivity index (χ0) is 13.0. The number of Topliss-reactive ketones (excluding diaryl/α,β-unsaturated/α-hetero) is 1. The summed E-state index contributed by atoms with van der Waals surface area (Å²) in [5.41, 5.74) is 1.29. The van der Waals surface area contributed by atoms with Gasteiger partial charge in [0.1, 0.15) is 0 Å². The van der Waals surface area contributed by atoms with E-state index in [1.807, 2.05) is 6.07 Å². The standard InChI is InChI=1S/C15H9O3/c16-10-14(17)11-6-8-13(9-7-11)15(18)12-4-2-1-3-5-12/h1-9H. The van der Waals surface area contributed by atoms with E-state index in [0.29, 0.717) is 11.1 Å². The molecule has 0 atom stereocenters. The monoisotopic (exact) mass is 237 g/mol. The average Bonchev–Trinajstić information content (AvgIpc) is 2.47. The smallest absolute Gasteiger partial charge is 0.277 e. The van der Waals surface area contributed by atoms with E-state index in [0.717, 1.165) is 0 Å². The lowest BCUT2D eigenvalue weighted by Crippen LogP contribution is -2.03. The van der Waals surface area contributed by atoms with E-state index in [1.54, 1.807) is 24.3 Å². The fourth-order valence-corrected chi connectivity index (χ4v) is 1.59. The lowest BCUT2D eigenvalue weighted by atomic mass is 10.0. The summed E-state index contributed by atoms with van der Waals surface area (Å²) in [6.07, 6.45) is 1.29. The van der Waals surface area contributed by atoms with Gasteiger partial charge in [0, 0.05) is 16.7 Å². The molecule has 18 heavy (non-hydrogen) atoms.